The molecule has 2 fully saturated rings. The number of hydrogen-bond donors (Lipinski definition) is 1. The molecule has 1 aliphatic carbocycles. The molecule has 3 heteroatoms. The quantitative estimate of drug-likeness (QED) is 0.899. The number of fused-ring (bicyclic) bond motifs is 1. The Morgan fingerprint density at radius 3 is 2.47 bits per heavy atom. The van der Waals surface area contributed by atoms with Gasteiger partial charge in [-0.3, -0.25) is 0 Å². The summed E-state index contributed by atoms with van der Waals surface area (Å²) in [6.45, 7) is 4.73. The molecule has 1 heterocycles. The van der Waals surface area contributed by atoms with Crippen LogP contribution in [0, 0.1) is 23.2 Å². The van der Waals surface area contributed by atoms with Gasteiger partial charge in [0.1, 0.15) is 0 Å². The highest BCUT2D eigenvalue weighted by Gasteiger charge is 2.35. The molecule has 0 radical (unpaired) electrons. The van der Waals surface area contributed by atoms with Gasteiger partial charge in [-0.1, -0.05) is 6.42 Å². The van der Waals surface area contributed by atoms with Crippen LogP contribution >= 0.6 is 0 Å². The zero-order chi connectivity index (χ0) is 13.1. The zero-order valence-electron chi connectivity index (χ0n) is 11.3. The normalized spacial score (nSPS) is 26.1. The van der Waals surface area contributed by atoms with Crippen LogP contribution in [-0.4, -0.2) is 31.1 Å². The largest absolute Gasteiger partial charge is 0.384 e. The molecule has 19 heavy (non-hydrogen) atoms. The van der Waals surface area contributed by atoms with Gasteiger partial charge in [-0.2, -0.15) is 5.26 Å². The standard InChI is InChI=1S/C16H21N3/c17-10-13-4-6-16(7-5-13)18-8-9-19-11-14-2-1-3-15(14)12-19/h4-7,14-15,18H,1-3,8-9,11-12H2. The van der Waals surface area contributed by atoms with Gasteiger partial charge in [-0.15, -0.1) is 0 Å². The molecular weight excluding hydrogens is 234 g/mol. The van der Waals surface area contributed by atoms with Crippen LogP contribution in [0.4, 0.5) is 5.69 Å². The van der Waals surface area contributed by atoms with Crippen LogP contribution in [0.2, 0.25) is 0 Å². The maximum atomic E-state index is 8.75. The van der Waals surface area contributed by atoms with E-state index >= 15 is 0 Å². The molecule has 0 amide bonds. The third-order valence-electron chi connectivity index (χ3n) is 4.57. The van der Waals surface area contributed by atoms with Gasteiger partial charge in [0.15, 0.2) is 0 Å². The van der Waals surface area contributed by atoms with Crippen molar-refractivity contribution in [3.8, 4) is 6.07 Å². The molecule has 3 nitrogen and oxygen atoms in total. The van der Waals surface area contributed by atoms with Crippen molar-refractivity contribution in [1.82, 2.24) is 4.90 Å². The zero-order valence-corrected chi connectivity index (χ0v) is 11.3. The molecule has 1 N–H and O–H groups in total. The van der Waals surface area contributed by atoms with Crippen molar-refractivity contribution >= 4 is 5.69 Å². The van der Waals surface area contributed by atoms with Crippen LogP contribution < -0.4 is 5.32 Å². The van der Waals surface area contributed by atoms with Gasteiger partial charge in [0.25, 0.3) is 0 Å². The van der Waals surface area contributed by atoms with E-state index in [0.717, 1.165) is 36.2 Å². The highest BCUT2D eigenvalue weighted by atomic mass is 15.2. The van der Waals surface area contributed by atoms with Gasteiger partial charge in [0.2, 0.25) is 0 Å². The van der Waals surface area contributed by atoms with Gasteiger partial charge in [0, 0.05) is 31.9 Å². The highest BCUT2D eigenvalue weighted by Crippen LogP contribution is 2.37. The maximum absolute atomic E-state index is 8.75. The molecule has 0 aromatic heterocycles. The van der Waals surface area contributed by atoms with E-state index in [0.29, 0.717) is 0 Å². The lowest BCUT2D eigenvalue weighted by molar-refractivity contribution is 0.323. The summed E-state index contributed by atoms with van der Waals surface area (Å²) in [5.41, 5.74) is 1.83. The SMILES string of the molecule is N#Cc1ccc(NCCN2CC3CCCC3C2)cc1. The predicted molar refractivity (Wildman–Crippen MR) is 76.9 cm³/mol. The first-order valence-electron chi connectivity index (χ1n) is 7.31. The Balaban J connectivity index is 1.42. The summed E-state index contributed by atoms with van der Waals surface area (Å²) >= 11 is 0. The van der Waals surface area contributed by atoms with Crippen molar-refractivity contribution in [2.75, 3.05) is 31.5 Å². The summed E-state index contributed by atoms with van der Waals surface area (Å²) in [6.07, 6.45) is 4.35. The van der Waals surface area contributed by atoms with Crippen molar-refractivity contribution in [3.63, 3.8) is 0 Å². The summed E-state index contributed by atoms with van der Waals surface area (Å²) in [5.74, 6) is 1.96. The first kappa shape index (κ1) is 12.5. The molecule has 2 unspecified atom stereocenters. The van der Waals surface area contributed by atoms with Crippen LogP contribution in [0.3, 0.4) is 0 Å². The second-order valence-electron chi connectivity index (χ2n) is 5.83. The number of anilines is 1. The Labute approximate surface area is 115 Å². The lowest BCUT2D eigenvalue weighted by Gasteiger charge is -2.17. The van der Waals surface area contributed by atoms with E-state index in [1.165, 1.54) is 32.4 Å². The fourth-order valence-corrected chi connectivity index (χ4v) is 3.54. The van der Waals surface area contributed by atoms with Gasteiger partial charge >= 0.3 is 0 Å². The molecule has 2 atom stereocenters. The second-order valence-corrected chi connectivity index (χ2v) is 5.83. The third-order valence-corrected chi connectivity index (χ3v) is 4.57. The van der Waals surface area contributed by atoms with Gasteiger partial charge in [-0.25, -0.2) is 0 Å². The molecule has 1 saturated heterocycles. The van der Waals surface area contributed by atoms with Crippen LogP contribution in [0.25, 0.3) is 0 Å². The van der Waals surface area contributed by atoms with Gasteiger partial charge in [0.05, 0.1) is 11.6 Å². The van der Waals surface area contributed by atoms with E-state index in [9.17, 15) is 0 Å². The molecule has 1 aliphatic heterocycles. The molecule has 1 aromatic rings. The molecule has 0 spiro atoms. The monoisotopic (exact) mass is 255 g/mol. The third kappa shape index (κ3) is 2.90. The van der Waals surface area contributed by atoms with E-state index < -0.39 is 0 Å². The number of benzene rings is 1. The minimum atomic E-state index is 0.720. The molecular formula is C16H21N3. The predicted octanol–water partition coefficient (Wildman–Crippen LogP) is 2.70. The lowest BCUT2D eigenvalue weighted by Crippen LogP contribution is -2.27. The summed E-state index contributed by atoms with van der Waals surface area (Å²) in [6, 6.07) is 9.84. The minimum Gasteiger partial charge on any atom is -0.384 e. The molecule has 3 rings (SSSR count). The van der Waals surface area contributed by atoms with Crippen molar-refractivity contribution in [2.45, 2.75) is 19.3 Å². The Morgan fingerprint density at radius 1 is 1.16 bits per heavy atom. The number of nitriles is 1. The van der Waals surface area contributed by atoms with Gasteiger partial charge < -0.3 is 10.2 Å². The number of nitrogens with one attached hydrogen (secondary N) is 1. The average Bonchev–Trinajstić information content (AvgIpc) is 3.00. The molecule has 1 saturated carbocycles. The topological polar surface area (TPSA) is 39.1 Å². The van der Waals surface area contributed by atoms with Crippen molar-refractivity contribution in [2.24, 2.45) is 11.8 Å². The van der Waals surface area contributed by atoms with Crippen LogP contribution in [0.1, 0.15) is 24.8 Å². The summed E-state index contributed by atoms with van der Waals surface area (Å²) in [7, 11) is 0. The summed E-state index contributed by atoms with van der Waals surface area (Å²) in [4.78, 5) is 2.60. The van der Waals surface area contributed by atoms with Crippen molar-refractivity contribution in [3.05, 3.63) is 29.8 Å². The maximum Gasteiger partial charge on any atom is 0.0991 e. The van der Waals surface area contributed by atoms with Crippen molar-refractivity contribution in [1.29, 1.82) is 5.26 Å². The number of nitrogens with zero attached hydrogens (tertiary/aromatic N) is 2. The van der Waals surface area contributed by atoms with Gasteiger partial charge in [-0.05, 0) is 48.9 Å². The molecule has 2 aliphatic rings. The van der Waals surface area contributed by atoms with Crippen molar-refractivity contribution < 1.29 is 0 Å². The number of likely N-dealkylation sites (tertiary alicyclic amines) is 1. The minimum absolute atomic E-state index is 0.720. The summed E-state index contributed by atoms with van der Waals surface area (Å²) in [5, 5.41) is 12.2. The first-order valence-corrected chi connectivity index (χ1v) is 7.31. The Kier molecular flexibility index (Phi) is 3.70. The Morgan fingerprint density at radius 2 is 1.84 bits per heavy atom. The number of hydrogen-bond acceptors (Lipinski definition) is 3. The molecule has 0 bridgehead atoms. The highest BCUT2D eigenvalue weighted by molar-refractivity contribution is 5.47. The Bertz CT molecular complexity index is 448. The average molecular weight is 255 g/mol. The first-order chi connectivity index (χ1) is 9.35. The van der Waals surface area contributed by atoms with E-state index in [4.69, 9.17) is 5.26 Å². The van der Waals surface area contributed by atoms with E-state index in [2.05, 4.69) is 16.3 Å². The van der Waals surface area contributed by atoms with E-state index in [1.54, 1.807) is 0 Å². The van der Waals surface area contributed by atoms with Crippen LogP contribution in [0.5, 0.6) is 0 Å². The fraction of sp³-hybridized carbons (Fsp3) is 0.562. The van der Waals surface area contributed by atoms with E-state index in [1.807, 2.05) is 24.3 Å². The smallest absolute Gasteiger partial charge is 0.0991 e. The van der Waals surface area contributed by atoms with E-state index in [-0.39, 0.29) is 0 Å². The van der Waals surface area contributed by atoms with Crippen LogP contribution in [0.15, 0.2) is 24.3 Å². The molecule has 100 valence electrons. The van der Waals surface area contributed by atoms with Crippen LogP contribution in [-0.2, 0) is 0 Å². The Hall–Kier alpha value is -1.53. The summed E-state index contributed by atoms with van der Waals surface area (Å²) < 4.78 is 0. The lowest BCUT2D eigenvalue weighted by atomic mass is 10.0. The second kappa shape index (κ2) is 5.63. The number of rotatable bonds is 4. The molecule has 1 aromatic carbocycles. The fourth-order valence-electron chi connectivity index (χ4n) is 3.54.